The molecule has 8 heteroatoms. The number of hydrogen-bond acceptors (Lipinski definition) is 2. The number of amides is 1. The summed E-state index contributed by atoms with van der Waals surface area (Å²) in [5.41, 5.74) is -1.32. The van der Waals surface area contributed by atoms with Gasteiger partial charge in [0.2, 0.25) is 11.7 Å². The fourth-order valence-corrected chi connectivity index (χ4v) is 2.06. The molecular formula is C12H11F5N2O. The van der Waals surface area contributed by atoms with E-state index in [0.29, 0.717) is 6.42 Å². The Bertz CT molecular complexity index is 514. The van der Waals surface area contributed by atoms with E-state index in [1.165, 1.54) is 0 Å². The Morgan fingerprint density at radius 2 is 1.60 bits per heavy atom. The zero-order chi connectivity index (χ0) is 14.9. The van der Waals surface area contributed by atoms with Crippen LogP contribution in [0.2, 0.25) is 0 Å². The van der Waals surface area contributed by atoms with E-state index in [2.05, 4.69) is 5.32 Å². The molecule has 0 saturated carbocycles. The number of anilines is 1. The fourth-order valence-electron chi connectivity index (χ4n) is 2.06. The predicted octanol–water partition coefficient (Wildman–Crippen LogP) is 2.46. The predicted molar refractivity (Wildman–Crippen MR) is 60.5 cm³/mol. The van der Waals surface area contributed by atoms with Crippen molar-refractivity contribution in [3.63, 3.8) is 0 Å². The molecule has 0 bridgehead atoms. The van der Waals surface area contributed by atoms with E-state index in [1.807, 2.05) is 0 Å². The molecule has 0 radical (unpaired) electrons. The molecule has 20 heavy (non-hydrogen) atoms. The molecule has 1 aliphatic rings. The molecule has 2 rings (SSSR count). The third-order valence-corrected chi connectivity index (χ3v) is 3.07. The first-order chi connectivity index (χ1) is 9.41. The van der Waals surface area contributed by atoms with Crippen LogP contribution in [0.1, 0.15) is 19.3 Å². The highest BCUT2D eigenvalue weighted by molar-refractivity contribution is 5.91. The van der Waals surface area contributed by atoms with E-state index in [9.17, 15) is 26.7 Å². The van der Waals surface area contributed by atoms with Crippen molar-refractivity contribution in [1.29, 1.82) is 0 Å². The summed E-state index contributed by atoms with van der Waals surface area (Å²) in [7, 11) is 0. The number of rotatable bonds is 3. The van der Waals surface area contributed by atoms with Gasteiger partial charge in [-0.1, -0.05) is 0 Å². The van der Waals surface area contributed by atoms with Crippen molar-refractivity contribution < 1.29 is 26.7 Å². The molecule has 1 aromatic rings. The average Bonchev–Trinajstić information content (AvgIpc) is 2.92. The van der Waals surface area contributed by atoms with Gasteiger partial charge in [-0.15, -0.1) is 0 Å². The molecule has 1 atom stereocenters. The van der Waals surface area contributed by atoms with Gasteiger partial charge >= 0.3 is 0 Å². The first kappa shape index (κ1) is 14.7. The first-order valence-electron chi connectivity index (χ1n) is 5.96. The molecule has 1 amide bonds. The molecule has 2 N–H and O–H groups in total. The van der Waals surface area contributed by atoms with Gasteiger partial charge in [-0.3, -0.25) is 4.79 Å². The maximum atomic E-state index is 13.3. The lowest BCUT2D eigenvalue weighted by atomic mass is 10.1. The zero-order valence-electron chi connectivity index (χ0n) is 10.2. The van der Waals surface area contributed by atoms with Crippen LogP contribution in [-0.2, 0) is 4.79 Å². The molecule has 1 heterocycles. The number of nitrogens with one attached hydrogen (secondary N) is 2. The second-order valence-corrected chi connectivity index (χ2v) is 4.49. The molecule has 3 nitrogen and oxygen atoms in total. The second kappa shape index (κ2) is 5.74. The minimum Gasteiger partial charge on any atom is -0.321 e. The van der Waals surface area contributed by atoms with Crippen molar-refractivity contribution in [3.8, 4) is 0 Å². The summed E-state index contributed by atoms with van der Waals surface area (Å²) < 4.78 is 65.3. The minimum absolute atomic E-state index is 0.0977. The number of benzene rings is 1. The molecule has 0 spiro atoms. The minimum atomic E-state index is -2.25. The van der Waals surface area contributed by atoms with Gasteiger partial charge in [0.15, 0.2) is 23.3 Å². The average molecular weight is 294 g/mol. The Kier molecular flexibility index (Phi) is 4.22. The van der Waals surface area contributed by atoms with Crippen LogP contribution in [0.3, 0.4) is 0 Å². The Hall–Kier alpha value is -1.70. The van der Waals surface area contributed by atoms with Crippen molar-refractivity contribution in [2.45, 2.75) is 25.3 Å². The second-order valence-electron chi connectivity index (χ2n) is 4.49. The summed E-state index contributed by atoms with van der Waals surface area (Å²) in [6, 6.07) is -0.156. The van der Waals surface area contributed by atoms with Gasteiger partial charge in [0.05, 0.1) is 0 Å². The lowest BCUT2D eigenvalue weighted by Gasteiger charge is -2.12. The summed E-state index contributed by atoms with van der Waals surface area (Å²) in [6.07, 6.45) is 1.48. The van der Waals surface area contributed by atoms with Crippen LogP contribution in [0.25, 0.3) is 0 Å². The number of halogens is 5. The Morgan fingerprint density at radius 1 is 1.05 bits per heavy atom. The van der Waals surface area contributed by atoms with Crippen molar-refractivity contribution in [1.82, 2.24) is 5.32 Å². The Morgan fingerprint density at radius 3 is 2.10 bits per heavy atom. The lowest BCUT2D eigenvalue weighted by molar-refractivity contribution is -0.116. The van der Waals surface area contributed by atoms with E-state index >= 15 is 0 Å². The van der Waals surface area contributed by atoms with E-state index in [-0.39, 0.29) is 12.5 Å². The van der Waals surface area contributed by atoms with Crippen LogP contribution in [-0.4, -0.2) is 18.5 Å². The first-order valence-corrected chi connectivity index (χ1v) is 5.96. The molecule has 1 saturated heterocycles. The van der Waals surface area contributed by atoms with Crippen LogP contribution in [0, 0.1) is 29.1 Å². The van der Waals surface area contributed by atoms with Gasteiger partial charge < -0.3 is 10.6 Å². The normalized spacial score (nSPS) is 18.4. The van der Waals surface area contributed by atoms with Gasteiger partial charge in [-0.05, 0) is 19.4 Å². The molecule has 110 valence electrons. The summed E-state index contributed by atoms with van der Waals surface area (Å²) >= 11 is 0. The standard InChI is InChI=1S/C12H11F5N2O/c13-7-8(14)10(16)12(11(17)9(7)15)19-6(20)4-5-2-1-3-18-5/h5,18H,1-4H2,(H,19,20). The van der Waals surface area contributed by atoms with Gasteiger partial charge in [0, 0.05) is 12.5 Å². The Labute approximate surface area is 111 Å². The fraction of sp³-hybridized carbons (Fsp3) is 0.417. The van der Waals surface area contributed by atoms with Crippen LogP contribution in [0.5, 0.6) is 0 Å². The highest BCUT2D eigenvalue weighted by atomic mass is 19.2. The van der Waals surface area contributed by atoms with Crippen molar-refractivity contribution >= 4 is 11.6 Å². The van der Waals surface area contributed by atoms with Gasteiger partial charge in [-0.25, -0.2) is 22.0 Å². The summed E-state index contributed by atoms with van der Waals surface area (Å²) in [4.78, 5) is 11.6. The monoisotopic (exact) mass is 294 g/mol. The summed E-state index contributed by atoms with van der Waals surface area (Å²) in [5, 5.41) is 4.72. The third-order valence-electron chi connectivity index (χ3n) is 3.07. The number of carbonyl (C=O) groups is 1. The van der Waals surface area contributed by atoms with E-state index in [1.54, 1.807) is 5.32 Å². The highest BCUT2D eigenvalue weighted by Gasteiger charge is 2.27. The van der Waals surface area contributed by atoms with E-state index in [4.69, 9.17) is 0 Å². The number of carbonyl (C=O) groups excluding carboxylic acids is 1. The molecule has 1 fully saturated rings. The van der Waals surface area contributed by atoms with Gasteiger partial charge in [-0.2, -0.15) is 0 Å². The molecule has 0 aliphatic carbocycles. The van der Waals surface area contributed by atoms with E-state index in [0.717, 1.165) is 13.0 Å². The quantitative estimate of drug-likeness (QED) is 0.511. The van der Waals surface area contributed by atoms with Crippen molar-refractivity contribution in [3.05, 3.63) is 29.1 Å². The zero-order valence-corrected chi connectivity index (χ0v) is 10.2. The van der Waals surface area contributed by atoms with Crippen LogP contribution in [0.15, 0.2) is 0 Å². The van der Waals surface area contributed by atoms with Crippen molar-refractivity contribution in [2.24, 2.45) is 0 Å². The van der Waals surface area contributed by atoms with Crippen LogP contribution in [0.4, 0.5) is 27.6 Å². The van der Waals surface area contributed by atoms with Crippen LogP contribution < -0.4 is 10.6 Å². The van der Waals surface area contributed by atoms with Gasteiger partial charge in [0.25, 0.3) is 0 Å². The van der Waals surface area contributed by atoms with Gasteiger partial charge in [0.1, 0.15) is 5.69 Å². The number of hydrogen-bond donors (Lipinski definition) is 2. The molecule has 0 aromatic heterocycles. The van der Waals surface area contributed by atoms with Crippen LogP contribution >= 0.6 is 0 Å². The highest BCUT2D eigenvalue weighted by Crippen LogP contribution is 2.27. The summed E-state index contributed by atoms with van der Waals surface area (Å²) in [5.74, 6) is -11.3. The Balaban J connectivity index is 2.18. The smallest absolute Gasteiger partial charge is 0.226 e. The molecular weight excluding hydrogens is 283 g/mol. The molecule has 1 aliphatic heterocycles. The molecule has 1 unspecified atom stereocenters. The maximum Gasteiger partial charge on any atom is 0.226 e. The summed E-state index contributed by atoms with van der Waals surface area (Å²) in [6.45, 7) is 0.723. The largest absolute Gasteiger partial charge is 0.321 e. The van der Waals surface area contributed by atoms with E-state index < -0.39 is 40.7 Å². The third kappa shape index (κ3) is 2.74. The lowest BCUT2D eigenvalue weighted by Crippen LogP contribution is -2.28. The topological polar surface area (TPSA) is 41.1 Å². The maximum absolute atomic E-state index is 13.3. The van der Waals surface area contributed by atoms with Crippen molar-refractivity contribution in [2.75, 3.05) is 11.9 Å². The molecule has 1 aromatic carbocycles. The SMILES string of the molecule is O=C(CC1CCCN1)Nc1c(F)c(F)c(F)c(F)c1F.